The number of carbonyl (C=O) groups excluding carboxylic acids is 2. The molecule has 11 atom stereocenters. The molecule has 10 heteroatoms. The van der Waals surface area contributed by atoms with Gasteiger partial charge < -0.3 is 40.0 Å². The number of ether oxygens (including phenoxy) is 3. The molecule has 0 aromatic rings. The number of Topliss-reactive ketones (excluding diaryl/α,β-unsaturated/α-hetero) is 1. The first-order valence-electron chi connectivity index (χ1n) is 15.7. The van der Waals surface area contributed by atoms with Gasteiger partial charge in [-0.25, -0.2) is 0 Å². The van der Waals surface area contributed by atoms with Crippen molar-refractivity contribution in [1.82, 2.24) is 10.2 Å². The number of aliphatic hydroxyl groups excluding tert-OH is 1. The van der Waals surface area contributed by atoms with Crippen LogP contribution in [0.1, 0.15) is 94.4 Å². The standard InChI is InChI=1S/C32H59N3O7/c1-12-25(31(7,8)39)41-29(38)21(5)26(36)20(4)28(42-30-27(37)24(35(10)11)15-19(3)40-30)32(9)14-13-23(33)22(6)34-17-18(2)16-32/h18-22,24-25,27-28,30,33-34,37,39H,12-17H2,1-11H3/t18-,19?,20+,21-,22-,24?,25-,27?,28-,30?,32-/m1/s1. The topological polar surface area (TPSA) is 141 Å². The maximum atomic E-state index is 14.0. The second kappa shape index (κ2) is 15.0. The predicted octanol–water partition coefficient (Wildman–Crippen LogP) is 3.56. The zero-order chi connectivity index (χ0) is 32.2. The molecule has 10 nitrogen and oxygen atoms in total. The molecule has 0 saturated carbocycles. The minimum absolute atomic E-state index is 0.0458. The number of nitrogens with zero attached hydrogens (tertiary/aromatic N) is 1. The smallest absolute Gasteiger partial charge is 0.316 e. The third kappa shape index (κ3) is 9.29. The number of rotatable bonds is 11. The van der Waals surface area contributed by atoms with Crippen LogP contribution in [0.15, 0.2) is 0 Å². The number of hydrogen-bond donors (Lipinski definition) is 4. The Morgan fingerprint density at radius 2 is 1.86 bits per heavy atom. The Morgan fingerprint density at radius 3 is 2.40 bits per heavy atom. The zero-order valence-electron chi connectivity index (χ0n) is 27.9. The maximum absolute atomic E-state index is 14.0. The van der Waals surface area contributed by atoms with Gasteiger partial charge in [-0.05, 0) is 98.7 Å². The van der Waals surface area contributed by atoms with Gasteiger partial charge in [-0.3, -0.25) is 9.59 Å². The van der Waals surface area contributed by atoms with E-state index >= 15 is 0 Å². The summed E-state index contributed by atoms with van der Waals surface area (Å²) in [5.74, 6) is -2.60. The first-order chi connectivity index (χ1) is 19.3. The van der Waals surface area contributed by atoms with Crippen molar-refractivity contribution in [3.05, 3.63) is 0 Å². The normalized spacial score (nSPS) is 34.5. The number of carbonyl (C=O) groups is 2. The molecular formula is C32H59N3O7. The zero-order valence-corrected chi connectivity index (χ0v) is 27.9. The molecule has 0 aromatic heterocycles. The lowest BCUT2D eigenvalue weighted by molar-refractivity contribution is -0.286. The molecule has 0 spiro atoms. The Hall–Kier alpha value is -1.43. The van der Waals surface area contributed by atoms with Gasteiger partial charge in [0.2, 0.25) is 0 Å². The molecule has 0 bridgehead atoms. The number of aliphatic hydroxyl groups is 2. The van der Waals surface area contributed by atoms with Crippen molar-refractivity contribution in [3.8, 4) is 0 Å². The van der Waals surface area contributed by atoms with Crippen molar-refractivity contribution >= 4 is 17.5 Å². The van der Waals surface area contributed by atoms with Crippen molar-refractivity contribution in [2.45, 2.75) is 143 Å². The molecule has 2 fully saturated rings. The minimum Gasteiger partial charge on any atom is -0.459 e. The fourth-order valence-corrected chi connectivity index (χ4v) is 6.68. The summed E-state index contributed by atoms with van der Waals surface area (Å²) in [7, 11) is 3.83. The minimum atomic E-state index is -1.24. The van der Waals surface area contributed by atoms with Crippen LogP contribution < -0.4 is 5.32 Å². The van der Waals surface area contributed by atoms with Crippen molar-refractivity contribution in [2.75, 3.05) is 20.6 Å². The van der Waals surface area contributed by atoms with E-state index in [-0.39, 0.29) is 29.9 Å². The van der Waals surface area contributed by atoms with Gasteiger partial charge in [0, 0.05) is 23.7 Å². The molecule has 0 aromatic carbocycles. The van der Waals surface area contributed by atoms with E-state index in [1.54, 1.807) is 27.7 Å². The lowest BCUT2D eigenvalue weighted by Crippen LogP contribution is -2.57. The van der Waals surface area contributed by atoms with E-state index in [2.05, 4.69) is 19.2 Å². The predicted molar refractivity (Wildman–Crippen MR) is 163 cm³/mol. The summed E-state index contributed by atoms with van der Waals surface area (Å²) < 4.78 is 18.5. The van der Waals surface area contributed by atoms with Crippen LogP contribution in [-0.4, -0.2) is 102 Å². The lowest BCUT2D eigenvalue weighted by Gasteiger charge is -2.47. The quantitative estimate of drug-likeness (QED) is 0.208. The fourth-order valence-electron chi connectivity index (χ4n) is 6.68. The summed E-state index contributed by atoms with van der Waals surface area (Å²) >= 11 is 0. The van der Waals surface area contributed by atoms with Crippen molar-refractivity contribution in [3.63, 3.8) is 0 Å². The summed E-state index contributed by atoms with van der Waals surface area (Å²) in [4.78, 5) is 29.1. The maximum Gasteiger partial charge on any atom is 0.316 e. The molecule has 0 radical (unpaired) electrons. The number of esters is 1. The van der Waals surface area contributed by atoms with Gasteiger partial charge in [-0.2, -0.15) is 0 Å². The fraction of sp³-hybridized carbons (Fsp3) is 0.906. The number of ketones is 1. The highest BCUT2D eigenvalue weighted by atomic mass is 16.7. The molecule has 4 unspecified atom stereocenters. The third-order valence-corrected chi connectivity index (χ3v) is 9.42. The molecule has 0 aliphatic carbocycles. The largest absolute Gasteiger partial charge is 0.459 e. The van der Waals surface area contributed by atoms with Crippen LogP contribution >= 0.6 is 0 Å². The van der Waals surface area contributed by atoms with E-state index in [9.17, 15) is 19.8 Å². The van der Waals surface area contributed by atoms with Crippen LogP contribution in [0, 0.1) is 28.6 Å². The molecule has 2 aliphatic rings. The molecule has 244 valence electrons. The molecular weight excluding hydrogens is 538 g/mol. The molecule has 42 heavy (non-hydrogen) atoms. The molecule has 2 aliphatic heterocycles. The second-order valence-electron chi connectivity index (χ2n) is 14.1. The summed E-state index contributed by atoms with van der Waals surface area (Å²) in [5, 5.41) is 33.8. The Balaban J connectivity index is 2.46. The number of likely N-dealkylation sites (N-methyl/N-ethyl adjacent to an activating group) is 1. The van der Waals surface area contributed by atoms with Gasteiger partial charge in [0.05, 0.1) is 17.8 Å². The average molecular weight is 598 g/mol. The van der Waals surface area contributed by atoms with Gasteiger partial charge >= 0.3 is 5.97 Å². The molecule has 2 heterocycles. The highest BCUT2D eigenvalue weighted by Gasteiger charge is 2.48. The van der Waals surface area contributed by atoms with Crippen LogP contribution in [0.4, 0.5) is 0 Å². The summed E-state index contributed by atoms with van der Waals surface area (Å²) in [5.41, 5.74) is -1.21. The van der Waals surface area contributed by atoms with E-state index in [0.29, 0.717) is 44.4 Å². The highest BCUT2D eigenvalue weighted by molar-refractivity contribution is 6.00. The first kappa shape index (κ1) is 36.8. The Morgan fingerprint density at radius 1 is 1.24 bits per heavy atom. The van der Waals surface area contributed by atoms with Gasteiger partial charge in [-0.1, -0.05) is 27.7 Å². The van der Waals surface area contributed by atoms with E-state index in [0.717, 1.165) is 0 Å². The van der Waals surface area contributed by atoms with Crippen LogP contribution in [-0.2, 0) is 23.8 Å². The van der Waals surface area contributed by atoms with Crippen LogP contribution in [0.5, 0.6) is 0 Å². The second-order valence-corrected chi connectivity index (χ2v) is 14.1. The first-order valence-corrected chi connectivity index (χ1v) is 15.7. The average Bonchev–Trinajstić information content (AvgIpc) is 2.95. The van der Waals surface area contributed by atoms with Crippen molar-refractivity contribution < 1.29 is 34.0 Å². The SMILES string of the molecule is CC[C@@H](OC(=O)[C@H](C)C(=O)[C@H](C)[C@@H](OC1OC(C)CC(N(C)C)C1O)[C@]1(C)CCC(=N)[C@@H](C)NC[C@H](C)C1)C(C)(C)O. The Labute approximate surface area is 253 Å². The van der Waals surface area contributed by atoms with Crippen LogP contribution in [0.3, 0.4) is 0 Å². The van der Waals surface area contributed by atoms with Crippen LogP contribution in [0.2, 0.25) is 0 Å². The highest BCUT2D eigenvalue weighted by Crippen LogP contribution is 2.43. The summed E-state index contributed by atoms with van der Waals surface area (Å²) in [6, 6.07) is -0.229. The molecule has 2 saturated heterocycles. The number of hydrogen-bond acceptors (Lipinski definition) is 10. The summed E-state index contributed by atoms with van der Waals surface area (Å²) in [6.45, 7) is 17.2. The van der Waals surface area contributed by atoms with Gasteiger partial charge in [0.15, 0.2) is 12.1 Å². The van der Waals surface area contributed by atoms with Gasteiger partial charge in [0.1, 0.15) is 18.1 Å². The molecule has 2 rings (SSSR count). The van der Waals surface area contributed by atoms with Crippen molar-refractivity contribution in [1.29, 1.82) is 5.41 Å². The number of nitrogens with one attached hydrogen (secondary N) is 2. The third-order valence-electron chi connectivity index (χ3n) is 9.42. The lowest BCUT2D eigenvalue weighted by atomic mass is 9.68. The van der Waals surface area contributed by atoms with E-state index in [1.165, 1.54) is 0 Å². The molecule has 0 amide bonds. The summed E-state index contributed by atoms with van der Waals surface area (Å²) in [6.07, 6.45) is -0.591. The van der Waals surface area contributed by atoms with E-state index in [1.807, 2.05) is 39.8 Å². The molecule has 4 N–H and O–H groups in total. The van der Waals surface area contributed by atoms with Crippen LogP contribution in [0.25, 0.3) is 0 Å². The van der Waals surface area contributed by atoms with Crippen molar-refractivity contribution in [2.24, 2.45) is 23.2 Å². The Bertz CT molecular complexity index is 922. The van der Waals surface area contributed by atoms with E-state index < -0.39 is 53.4 Å². The van der Waals surface area contributed by atoms with Gasteiger partial charge in [-0.15, -0.1) is 0 Å². The monoisotopic (exact) mass is 597 g/mol. The van der Waals surface area contributed by atoms with Gasteiger partial charge in [0.25, 0.3) is 0 Å². The Kier molecular flexibility index (Phi) is 13.2. The van der Waals surface area contributed by atoms with E-state index in [4.69, 9.17) is 19.6 Å².